The van der Waals surface area contributed by atoms with Crippen LogP contribution < -0.4 is 34.5 Å². The molecule has 2 heterocycles. The number of fused-ring (bicyclic) bond motifs is 1. The molecule has 30 heavy (non-hydrogen) atoms. The van der Waals surface area contributed by atoms with Gasteiger partial charge in [-0.2, -0.15) is 0 Å². The molecule has 2 aromatic carbocycles. The number of rotatable bonds is 6. The fourth-order valence-corrected chi connectivity index (χ4v) is 3.55. The number of carbonyl (C=O) groups is 2. The summed E-state index contributed by atoms with van der Waals surface area (Å²) in [4.78, 5) is 26.4. The lowest BCUT2D eigenvalue weighted by Crippen LogP contribution is -2.34. The van der Waals surface area contributed by atoms with Crippen molar-refractivity contribution in [1.29, 1.82) is 0 Å². The molecular weight excluding hydrogens is 390 g/mol. The van der Waals surface area contributed by atoms with E-state index in [1.165, 1.54) is 7.11 Å². The Morgan fingerprint density at radius 1 is 1.10 bits per heavy atom. The molecular formula is C21H23N3O6. The molecule has 2 aliphatic rings. The van der Waals surface area contributed by atoms with E-state index in [2.05, 4.69) is 10.6 Å². The summed E-state index contributed by atoms with van der Waals surface area (Å²) in [7, 11) is 3.08. The Hall–Kier alpha value is -3.62. The van der Waals surface area contributed by atoms with E-state index in [1.807, 2.05) is 6.07 Å². The van der Waals surface area contributed by atoms with Crippen LogP contribution in [0.4, 0.5) is 16.2 Å². The molecule has 2 N–H and O–H groups in total. The van der Waals surface area contributed by atoms with E-state index in [9.17, 15) is 9.59 Å². The van der Waals surface area contributed by atoms with Crippen molar-refractivity contribution in [3.63, 3.8) is 0 Å². The molecule has 0 aromatic heterocycles. The van der Waals surface area contributed by atoms with E-state index in [0.29, 0.717) is 48.2 Å². The minimum Gasteiger partial charge on any atom is -0.493 e. The molecule has 9 heteroatoms. The monoisotopic (exact) mass is 413 g/mol. The second-order valence-electron chi connectivity index (χ2n) is 7.02. The standard InChI is InChI=1S/C21H23N3O6/c1-27-16-5-3-14(8-18(16)28-2)23-21(26)22-10-13-7-20(25)24(11-13)15-4-6-17-19(9-15)30-12-29-17/h3-6,8-9,13H,7,10-12H2,1-2H3,(H2,22,23,26)/t13-/m0/s1. The molecule has 2 aromatic rings. The predicted molar refractivity (Wildman–Crippen MR) is 110 cm³/mol. The molecule has 1 atom stereocenters. The number of methoxy groups -OCH3 is 2. The number of anilines is 2. The van der Waals surface area contributed by atoms with Gasteiger partial charge in [0.1, 0.15) is 0 Å². The number of benzene rings is 2. The summed E-state index contributed by atoms with van der Waals surface area (Å²) < 4.78 is 21.1. The SMILES string of the molecule is COc1ccc(NC(=O)NC[C@@H]2CC(=O)N(c3ccc4c(c3)OCO4)C2)cc1OC. The summed E-state index contributed by atoms with van der Waals surface area (Å²) in [6.07, 6.45) is 0.366. The summed E-state index contributed by atoms with van der Waals surface area (Å²) >= 11 is 0. The Morgan fingerprint density at radius 2 is 1.90 bits per heavy atom. The van der Waals surface area contributed by atoms with Crippen LogP contribution in [-0.4, -0.2) is 46.0 Å². The van der Waals surface area contributed by atoms with Crippen molar-refractivity contribution in [1.82, 2.24) is 5.32 Å². The van der Waals surface area contributed by atoms with Crippen LogP contribution in [0.1, 0.15) is 6.42 Å². The molecule has 158 valence electrons. The Bertz CT molecular complexity index is 964. The molecule has 0 saturated carbocycles. The van der Waals surface area contributed by atoms with Crippen molar-refractivity contribution in [3.05, 3.63) is 36.4 Å². The first-order valence-electron chi connectivity index (χ1n) is 9.54. The molecule has 0 spiro atoms. The largest absolute Gasteiger partial charge is 0.493 e. The molecule has 9 nitrogen and oxygen atoms in total. The van der Waals surface area contributed by atoms with Crippen molar-refractivity contribution < 1.29 is 28.5 Å². The summed E-state index contributed by atoms with van der Waals surface area (Å²) in [5, 5.41) is 5.59. The quantitative estimate of drug-likeness (QED) is 0.756. The van der Waals surface area contributed by atoms with Gasteiger partial charge in [-0.1, -0.05) is 0 Å². The van der Waals surface area contributed by atoms with E-state index >= 15 is 0 Å². The maximum atomic E-state index is 12.5. The molecule has 0 aliphatic carbocycles. The highest BCUT2D eigenvalue weighted by atomic mass is 16.7. The Morgan fingerprint density at radius 3 is 2.70 bits per heavy atom. The average molecular weight is 413 g/mol. The molecule has 1 saturated heterocycles. The van der Waals surface area contributed by atoms with Gasteiger partial charge < -0.3 is 34.5 Å². The number of carbonyl (C=O) groups excluding carboxylic acids is 2. The van der Waals surface area contributed by atoms with E-state index in [0.717, 1.165) is 5.69 Å². The topological polar surface area (TPSA) is 98.4 Å². The van der Waals surface area contributed by atoms with Crippen molar-refractivity contribution in [2.24, 2.45) is 5.92 Å². The average Bonchev–Trinajstić information content (AvgIpc) is 3.37. The van der Waals surface area contributed by atoms with Gasteiger partial charge >= 0.3 is 6.03 Å². The fourth-order valence-electron chi connectivity index (χ4n) is 3.55. The van der Waals surface area contributed by atoms with Crippen molar-refractivity contribution in [2.75, 3.05) is 44.3 Å². The molecule has 4 rings (SSSR count). The van der Waals surface area contributed by atoms with Gasteiger partial charge in [-0.05, 0) is 24.3 Å². The zero-order chi connectivity index (χ0) is 21.1. The molecule has 0 unspecified atom stereocenters. The van der Waals surface area contributed by atoms with Crippen molar-refractivity contribution >= 4 is 23.3 Å². The zero-order valence-corrected chi connectivity index (χ0v) is 16.8. The first-order chi connectivity index (χ1) is 14.6. The molecule has 0 bridgehead atoms. The van der Waals surface area contributed by atoms with Gasteiger partial charge in [0.2, 0.25) is 12.7 Å². The number of hydrogen-bond acceptors (Lipinski definition) is 6. The highest BCUT2D eigenvalue weighted by Gasteiger charge is 2.31. The number of hydrogen-bond donors (Lipinski definition) is 2. The maximum Gasteiger partial charge on any atom is 0.319 e. The highest BCUT2D eigenvalue weighted by molar-refractivity contribution is 5.96. The van der Waals surface area contributed by atoms with Crippen LogP contribution in [-0.2, 0) is 4.79 Å². The van der Waals surface area contributed by atoms with Gasteiger partial charge in [-0.15, -0.1) is 0 Å². The van der Waals surface area contributed by atoms with Crippen LogP contribution in [0.15, 0.2) is 36.4 Å². The van der Waals surface area contributed by atoms with Gasteiger partial charge in [0.25, 0.3) is 0 Å². The third kappa shape index (κ3) is 4.05. The van der Waals surface area contributed by atoms with E-state index in [-0.39, 0.29) is 24.6 Å². The third-order valence-electron chi connectivity index (χ3n) is 5.07. The maximum absolute atomic E-state index is 12.5. The second kappa shape index (κ2) is 8.40. The van der Waals surface area contributed by atoms with Crippen LogP contribution in [0.2, 0.25) is 0 Å². The van der Waals surface area contributed by atoms with Gasteiger partial charge in [0, 0.05) is 48.9 Å². The van der Waals surface area contributed by atoms with Gasteiger partial charge in [-0.3, -0.25) is 4.79 Å². The Labute approximate surface area is 173 Å². The lowest BCUT2D eigenvalue weighted by atomic mass is 10.1. The van der Waals surface area contributed by atoms with Crippen LogP contribution >= 0.6 is 0 Å². The molecule has 3 amide bonds. The number of amides is 3. The van der Waals surface area contributed by atoms with Crippen molar-refractivity contribution in [3.8, 4) is 23.0 Å². The minimum atomic E-state index is -0.351. The normalized spacial score (nSPS) is 17.1. The highest BCUT2D eigenvalue weighted by Crippen LogP contribution is 2.37. The second-order valence-corrected chi connectivity index (χ2v) is 7.02. The van der Waals surface area contributed by atoms with Crippen molar-refractivity contribution in [2.45, 2.75) is 6.42 Å². The zero-order valence-electron chi connectivity index (χ0n) is 16.8. The number of nitrogens with zero attached hydrogens (tertiary/aromatic N) is 1. The fraction of sp³-hybridized carbons (Fsp3) is 0.333. The number of nitrogens with one attached hydrogen (secondary N) is 2. The van der Waals surface area contributed by atoms with Crippen LogP contribution in [0, 0.1) is 5.92 Å². The summed E-state index contributed by atoms with van der Waals surface area (Å²) in [5.74, 6) is 2.44. The molecule has 0 radical (unpaired) electrons. The smallest absolute Gasteiger partial charge is 0.319 e. The third-order valence-corrected chi connectivity index (χ3v) is 5.07. The first kappa shape index (κ1) is 19.7. The van der Waals surface area contributed by atoms with Crippen LogP contribution in [0.25, 0.3) is 0 Å². The summed E-state index contributed by atoms with van der Waals surface area (Å²) in [6, 6.07) is 10.2. The van der Waals surface area contributed by atoms with Crippen LogP contribution in [0.3, 0.4) is 0 Å². The molecule has 1 fully saturated rings. The Kier molecular flexibility index (Phi) is 5.51. The Balaban J connectivity index is 1.31. The first-order valence-corrected chi connectivity index (χ1v) is 9.54. The van der Waals surface area contributed by atoms with Gasteiger partial charge in [-0.25, -0.2) is 4.79 Å². The van der Waals surface area contributed by atoms with Crippen LogP contribution in [0.5, 0.6) is 23.0 Å². The predicted octanol–water partition coefficient (Wildman–Crippen LogP) is 2.61. The van der Waals surface area contributed by atoms with E-state index in [4.69, 9.17) is 18.9 Å². The number of ether oxygens (including phenoxy) is 4. The number of urea groups is 1. The summed E-state index contributed by atoms with van der Waals surface area (Å²) in [6.45, 7) is 1.09. The molecule has 2 aliphatic heterocycles. The summed E-state index contributed by atoms with van der Waals surface area (Å²) in [5.41, 5.74) is 1.34. The van der Waals surface area contributed by atoms with Gasteiger partial charge in [0.15, 0.2) is 23.0 Å². The lowest BCUT2D eigenvalue weighted by Gasteiger charge is -2.17. The van der Waals surface area contributed by atoms with E-state index < -0.39 is 0 Å². The minimum absolute atomic E-state index is 0.0130. The van der Waals surface area contributed by atoms with Gasteiger partial charge in [0.05, 0.1) is 14.2 Å². The lowest BCUT2D eigenvalue weighted by molar-refractivity contribution is -0.117. The van der Waals surface area contributed by atoms with E-state index in [1.54, 1.807) is 42.3 Å².